The van der Waals surface area contributed by atoms with Crippen LogP contribution >= 0.6 is 0 Å². The summed E-state index contributed by atoms with van der Waals surface area (Å²) in [5.41, 5.74) is 2.73. The largest absolute Gasteiger partial charge is 0.497 e. The summed E-state index contributed by atoms with van der Waals surface area (Å²) in [5.74, 6) is 1.27. The van der Waals surface area contributed by atoms with E-state index in [4.69, 9.17) is 9.15 Å². The van der Waals surface area contributed by atoms with Crippen LogP contribution in [0.2, 0.25) is 0 Å². The van der Waals surface area contributed by atoms with Gasteiger partial charge in [0.25, 0.3) is 0 Å². The van der Waals surface area contributed by atoms with Crippen molar-refractivity contribution in [1.29, 1.82) is 0 Å². The van der Waals surface area contributed by atoms with Crippen molar-refractivity contribution in [2.75, 3.05) is 31.4 Å². The van der Waals surface area contributed by atoms with Crippen LogP contribution in [-0.4, -0.2) is 37.9 Å². The van der Waals surface area contributed by atoms with E-state index in [9.17, 15) is 9.59 Å². The van der Waals surface area contributed by atoms with Gasteiger partial charge in [-0.05, 0) is 48.5 Å². The standard InChI is InChI=1S/C21H22N4O5/c1-28-18-9-3-14(4-10-18)19-23-17(13-30-19)11-12-22-20(26)24-15-5-7-16(8-6-15)25-21(27)29-2/h3-10,13H,11-12H2,1-2H3,(H,25,27)(H2,22,24,26). The molecule has 1 aromatic heterocycles. The lowest BCUT2D eigenvalue weighted by molar-refractivity contribution is 0.187. The summed E-state index contributed by atoms with van der Waals surface area (Å²) in [6.07, 6.45) is 1.54. The molecule has 0 saturated carbocycles. The molecule has 30 heavy (non-hydrogen) atoms. The van der Waals surface area contributed by atoms with Gasteiger partial charge in [0.2, 0.25) is 5.89 Å². The first-order valence-electron chi connectivity index (χ1n) is 9.16. The maximum atomic E-state index is 12.0. The lowest BCUT2D eigenvalue weighted by Crippen LogP contribution is -2.30. The number of anilines is 2. The number of carbonyl (C=O) groups excluding carboxylic acids is 2. The Morgan fingerprint density at radius 1 is 0.967 bits per heavy atom. The Hall–Kier alpha value is -4.01. The third kappa shape index (κ3) is 5.74. The zero-order chi connectivity index (χ0) is 21.3. The smallest absolute Gasteiger partial charge is 0.411 e. The number of benzene rings is 2. The summed E-state index contributed by atoms with van der Waals surface area (Å²) in [5, 5.41) is 8.01. The molecule has 0 aliphatic heterocycles. The number of carbonyl (C=O) groups is 2. The number of oxazole rings is 1. The van der Waals surface area contributed by atoms with Crippen molar-refractivity contribution in [3.63, 3.8) is 0 Å². The third-order valence-corrected chi connectivity index (χ3v) is 4.13. The van der Waals surface area contributed by atoms with Gasteiger partial charge >= 0.3 is 12.1 Å². The molecule has 0 unspecified atom stereocenters. The fourth-order valence-corrected chi connectivity index (χ4v) is 2.57. The van der Waals surface area contributed by atoms with Crippen LogP contribution in [-0.2, 0) is 11.2 Å². The fraction of sp³-hybridized carbons (Fsp3) is 0.190. The first-order chi connectivity index (χ1) is 14.6. The van der Waals surface area contributed by atoms with Gasteiger partial charge in [0, 0.05) is 29.9 Å². The molecule has 0 aliphatic rings. The lowest BCUT2D eigenvalue weighted by atomic mass is 10.2. The molecule has 1 heterocycles. The van der Waals surface area contributed by atoms with Crippen LogP contribution in [0.4, 0.5) is 21.0 Å². The number of nitrogens with one attached hydrogen (secondary N) is 3. The predicted octanol–water partition coefficient (Wildman–Crippen LogP) is 3.89. The van der Waals surface area contributed by atoms with Crippen LogP contribution in [0.5, 0.6) is 5.75 Å². The van der Waals surface area contributed by atoms with Crippen molar-refractivity contribution in [2.24, 2.45) is 0 Å². The lowest BCUT2D eigenvalue weighted by Gasteiger charge is -2.08. The van der Waals surface area contributed by atoms with Crippen LogP contribution in [0.15, 0.2) is 59.2 Å². The minimum atomic E-state index is -0.559. The van der Waals surface area contributed by atoms with E-state index in [1.165, 1.54) is 7.11 Å². The zero-order valence-electron chi connectivity index (χ0n) is 16.6. The highest BCUT2D eigenvalue weighted by Gasteiger charge is 2.08. The maximum Gasteiger partial charge on any atom is 0.411 e. The number of hydrogen-bond acceptors (Lipinski definition) is 6. The van der Waals surface area contributed by atoms with Gasteiger partial charge in [-0.2, -0.15) is 0 Å². The first-order valence-corrected chi connectivity index (χ1v) is 9.16. The number of amides is 3. The van der Waals surface area contributed by atoms with Crippen molar-refractivity contribution in [1.82, 2.24) is 10.3 Å². The van der Waals surface area contributed by atoms with Gasteiger partial charge in [-0.3, -0.25) is 5.32 Å². The Bertz CT molecular complexity index is 983. The van der Waals surface area contributed by atoms with Crippen LogP contribution < -0.4 is 20.7 Å². The van der Waals surface area contributed by atoms with Crippen LogP contribution in [0, 0.1) is 0 Å². The van der Waals surface area contributed by atoms with Gasteiger partial charge in [0.05, 0.1) is 19.9 Å². The molecule has 3 aromatic rings. The van der Waals surface area contributed by atoms with Gasteiger partial charge in [-0.25, -0.2) is 14.6 Å². The minimum absolute atomic E-state index is 0.345. The molecule has 0 fully saturated rings. The first kappa shape index (κ1) is 20.7. The third-order valence-electron chi connectivity index (χ3n) is 4.13. The van der Waals surface area contributed by atoms with Crippen LogP contribution in [0.3, 0.4) is 0 Å². The summed E-state index contributed by atoms with van der Waals surface area (Å²) < 4.78 is 15.2. The van der Waals surface area contributed by atoms with E-state index in [1.807, 2.05) is 24.3 Å². The number of nitrogens with zero attached hydrogens (tertiary/aromatic N) is 1. The highest BCUT2D eigenvalue weighted by Crippen LogP contribution is 2.21. The van der Waals surface area contributed by atoms with E-state index in [1.54, 1.807) is 37.6 Å². The number of urea groups is 1. The van der Waals surface area contributed by atoms with Crippen molar-refractivity contribution in [3.8, 4) is 17.2 Å². The predicted molar refractivity (Wildman–Crippen MR) is 112 cm³/mol. The number of methoxy groups -OCH3 is 2. The van der Waals surface area contributed by atoms with Gasteiger partial charge < -0.3 is 24.5 Å². The van der Waals surface area contributed by atoms with E-state index in [0.717, 1.165) is 17.0 Å². The number of ether oxygens (including phenoxy) is 2. The highest BCUT2D eigenvalue weighted by molar-refractivity contribution is 5.90. The molecule has 9 nitrogen and oxygen atoms in total. The van der Waals surface area contributed by atoms with E-state index in [-0.39, 0.29) is 6.03 Å². The molecule has 3 amide bonds. The quantitative estimate of drug-likeness (QED) is 0.544. The second-order valence-corrected chi connectivity index (χ2v) is 6.20. The van der Waals surface area contributed by atoms with Crippen LogP contribution in [0.25, 0.3) is 11.5 Å². The molecule has 3 rings (SSSR count). The minimum Gasteiger partial charge on any atom is -0.497 e. The fourth-order valence-electron chi connectivity index (χ4n) is 2.57. The normalized spacial score (nSPS) is 10.2. The van der Waals surface area contributed by atoms with Gasteiger partial charge in [-0.15, -0.1) is 0 Å². The Labute approximate surface area is 173 Å². The molecular weight excluding hydrogens is 388 g/mol. The van der Waals surface area contributed by atoms with Gasteiger partial charge in [-0.1, -0.05) is 0 Å². The molecule has 0 bridgehead atoms. The van der Waals surface area contributed by atoms with E-state index in [2.05, 4.69) is 25.7 Å². The summed E-state index contributed by atoms with van der Waals surface area (Å²) in [6, 6.07) is 13.7. The van der Waals surface area contributed by atoms with Gasteiger partial charge in [0.1, 0.15) is 12.0 Å². The average molecular weight is 410 g/mol. The Morgan fingerprint density at radius 2 is 1.63 bits per heavy atom. The Kier molecular flexibility index (Phi) is 6.88. The topological polar surface area (TPSA) is 115 Å². The van der Waals surface area contributed by atoms with Crippen molar-refractivity contribution in [2.45, 2.75) is 6.42 Å². The number of aromatic nitrogens is 1. The second-order valence-electron chi connectivity index (χ2n) is 6.20. The number of rotatable bonds is 7. The molecule has 2 aromatic carbocycles. The van der Waals surface area contributed by atoms with E-state index < -0.39 is 6.09 Å². The molecule has 0 saturated heterocycles. The average Bonchev–Trinajstić information content (AvgIpc) is 3.24. The van der Waals surface area contributed by atoms with Gasteiger partial charge in [0.15, 0.2) is 0 Å². The summed E-state index contributed by atoms with van der Waals surface area (Å²) in [6.45, 7) is 0.391. The highest BCUT2D eigenvalue weighted by atomic mass is 16.5. The van der Waals surface area contributed by atoms with E-state index >= 15 is 0 Å². The van der Waals surface area contributed by atoms with Crippen LogP contribution in [0.1, 0.15) is 5.69 Å². The SMILES string of the molecule is COC(=O)Nc1ccc(NC(=O)NCCc2coc(-c3ccc(OC)cc3)n2)cc1. The second kappa shape index (κ2) is 9.97. The van der Waals surface area contributed by atoms with E-state index in [0.29, 0.717) is 30.2 Å². The Balaban J connectivity index is 1.44. The summed E-state index contributed by atoms with van der Waals surface area (Å²) in [7, 11) is 2.90. The molecule has 0 radical (unpaired) electrons. The molecule has 156 valence electrons. The molecule has 0 atom stereocenters. The molecular formula is C21H22N4O5. The molecule has 3 N–H and O–H groups in total. The zero-order valence-corrected chi connectivity index (χ0v) is 16.6. The molecule has 0 spiro atoms. The Morgan fingerprint density at radius 3 is 2.27 bits per heavy atom. The van der Waals surface area contributed by atoms with Crippen molar-refractivity contribution >= 4 is 23.5 Å². The van der Waals surface area contributed by atoms with Crippen molar-refractivity contribution < 1.29 is 23.5 Å². The van der Waals surface area contributed by atoms with Crippen molar-refractivity contribution in [3.05, 3.63) is 60.5 Å². The summed E-state index contributed by atoms with van der Waals surface area (Å²) in [4.78, 5) is 27.6. The molecule has 9 heteroatoms. The number of hydrogen-bond donors (Lipinski definition) is 3. The summed E-state index contributed by atoms with van der Waals surface area (Å²) >= 11 is 0. The monoisotopic (exact) mass is 410 g/mol. The maximum absolute atomic E-state index is 12.0. The molecule has 0 aliphatic carbocycles.